The van der Waals surface area contributed by atoms with E-state index in [0.29, 0.717) is 6.42 Å². The second-order valence-electron chi connectivity index (χ2n) is 3.69. The smallest absolute Gasteiger partial charge is 0.307 e. The van der Waals surface area contributed by atoms with Gasteiger partial charge in [-0.3, -0.25) is 4.79 Å². The van der Waals surface area contributed by atoms with Gasteiger partial charge in [0.05, 0.1) is 5.92 Å². The van der Waals surface area contributed by atoms with Crippen molar-refractivity contribution in [3.63, 3.8) is 0 Å². The fraction of sp³-hybridized carbons (Fsp3) is 0.750. The number of hydrogen-bond donors (Lipinski definition) is 1. The summed E-state index contributed by atoms with van der Waals surface area (Å²) in [5.41, 5.74) is -0.340. The molecule has 0 amide bonds. The van der Waals surface area contributed by atoms with Crippen LogP contribution in [0.3, 0.4) is 0 Å². The van der Waals surface area contributed by atoms with Crippen molar-refractivity contribution < 1.29 is 14.7 Å². The van der Waals surface area contributed by atoms with Gasteiger partial charge >= 0.3 is 5.97 Å². The van der Waals surface area contributed by atoms with Gasteiger partial charge in [0.1, 0.15) is 6.29 Å². The molecule has 0 radical (unpaired) electrons. The second-order valence-corrected chi connectivity index (χ2v) is 3.69. The minimum absolute atomic E-state index is 0.0661. The molecule has 1 rings (SSSR count). The van der Waals surface area contributed by atoms with Crippen molar-refractivity contribution in [2.75, 3.05) is 0 Å². The van der Waals surface area contributed by atoms with Crippen LogP contribution in [0.4, 0.5) is 0 Å². The lowest BCUT2D eigenvalue weighted by atomic mass is 9.55. The third-order valence-electron chi connectivity index (χ3n) is 2.81. The van der Waals surface area contributed by atoms with Crippen molar-refractivity contribution >= 4 is 12.3 Å². The van der Waals surface area contributed by atoms with Crippen LogP contribution in [-0.2, 0) is 9.59 Å². The summed E-state index contributed by atoms with van der Waals surface area (Å²) >= 11 is 0. The lowest BCUT2D eigenvalue weighted by Gasteiger charge is -2.47. The zero-order chi connectivity index (χ0) is 8.65. The molecular formula is C8H12O3. The Hall–Kier alpha value is -0.860. The summed E-state index contributed by atoms with van der Waals surface area (Å²) in [6.07, 6.45) is 1.37. The summed E-state index contributed by atoms with van der Waals surface area (Å²) in [5.74, 6) is -1.19. The molecule has 0 aliphatic heterocycles. The van der Waals surface area contributed by atoms with Crippen molar-refractivity contribution in [1.82, 2.24) is 0 Å². The molecule has 1 aliphatic carbocycles. The Morgan fingerprint density at radius 2 is 2.18 bits per heavy atom. The van der Waals surface area contributed by atoms with Crippen molar-refractivity contribution in [3.05, 3.63) is 0 Å². The average Bonchev–Trinajstić information content (AvgIpc) is 1.85. The van der Waals surface area contributed by atoms with E-state index in [1.807, 2.05) is 13.8 Å². The van der Waals surface area contributed by atoms with Crippen LogP contribution in [0.2, 0.25) is 0 Å². The van der Waals surface area contributed by atoms with Gasteiger partial charge in [0.2, 0.25) is 0 Å². The van der Waals surface area contributed by atoms with E-state index in [-0.39, 0.29) is 17.3 Å². The molecule has 1 saturated carbocycles. The predicted octanol–water partition coefficient (Wildman–Crippen LogP) is 0.932. The fourth-order valence-corrected chi connectivity index (χ4v) is 1.61. The molecule has 0 aromatic carbocycles. The van der Waals surface area contributed by atoms with E-state index in [2.05, 4.69) is 0 Å². The summed E-state index contributed by atoms with van der Waals surface area (Å²) in [5, 5.41) is 8.67. The molecule has 3 heteroatoms. The van der Waals surface area contributed by atoms with Crippen LogP contribution in [-0.4, -0.2) is 17.4 Å². The third kappa shape index (κ3) is 1.04. The zero-order valence-electron chi connectivity index (χ0n) is 6.70. The molecular weight excluding hydrogens is 144 g/mol. The Labute approximate surface area is 65.4 Å². The van der Waals surface area contributed by atoms with Gasteiger partial charge in [-0.15, -0.1) is 0 Å². The van der Waals surface area contributed by atoms with Gasteiger partial charge in [-0.05, 0) is 11.8 Å². The van der Waals surface area contributed by atoms with E-state index in [1.165, 1.54) is 0 Å². The summed E-state index contributed by atoms with van der Waals surface area (Å²) in [6.45, 7) is 3.66. The molecule has 62 valence electrons. The van der Waals surface area contributed by atoms with Crippen LogP contribution in [0.25, 0.3) is 0 Å². The van der Waals surface area contributed by atoms with E-state index in [9.17, 15) is 9.59 Å². The maximum absolute atomic E-state index is 10.5. The number of rotatable bonds is 2. The number of carboxylic acids is 1. The van der Waals surface area contributed by atoms with Crippen LogP contribution in [0, 0.1) is 17.3 Å². The molecule has 0 aromatic heterocycles. The number of aldehydes is 1. The highest BCUT2D eigenvalue weighted by atomic mass is 16.4. The molecule has 0 heterocycles. The summed E-state index contributed by atoms with van der Waals surface area (Å²) in [4.78, 5) is 20.9. The number of carbonyl (C=O) groups is 2. The Balaban J connectivity index is 2.68. The molecule has 0 spiro atoms. The Bertz CT molecular complexity index is 196. The molecule has 2 atom stereocenters. The zero-order valence-corrected chi connectivity index (χ0v) is 6.70. The molecule has 1 aliphatic rings. The molecule has 3 nitrogen and oxygen atoms in total. The van der Waals surface area contributed by atoms with Crippen LogP contribution in [0.15, 0.2) is 0 Å². The average molecular weight is 156 g/mol. The number of carboxylic acid groups (broad SMARTS) is 1. The second kappa shape index (κ2) is 2.32. The van der Waals surface area contributed by atoms with Gasteiger partial charge in [-0.2, -0.15) is 0 Å². The normalized spacial score (nSPS) is 34.0. The van der Waals surface area contributed by atoms with Crippen LogP contribution < -0.4 is 0 Å². The third-order valence-corrected chi connectivity index (χ3v) is 2.81. The van der Waals surface area contributed by atoms with Gasteiger partial charge < -0.3 is 9.90 Å². The molecule has 0 aromatic rings. The summed E-state index contributed by atoms with van der Waals surface area (Å²) in [6, 6.07) is 0. The topological polar surface area (TPSA) is 54.4 Å². The highest BCUT2D eigenvalue weighted by molar-refractivity contribution is 5.75. The maximum atomic E-state index is 10.5. The number of carbonyl (C=O) groups excluding carboxylic acids is 1. The van der Waals surface area contributed by atoms with Crippen molar-refractivity contribution in [1.29, 1.82) is 0 Å². The molecule has 0 saturated heterocycles. The first kappa shape index (κ1) is 8.24. The summed E-state index contributed by atoms with van der Waals surface area (Å²) < 4.78 is 0. The lowest BCUT2D eigenvalue weighted by molar-refractivity contribution is -0.159. The van der Waals surface area contributed by atoms with E-state index in [4.69, 9.17) is 5.11 Å². The first-order chi connectivity index (χ1) is 5.00. The monoisotopic (exact) mass is 156 g/mol. The van der Waals surface area contributed by atoms with Gasteiger partial charge in [0.25, 0.3) is 0 Å². The summed E-state index contributed by atoms with van der Waals surface area (Å²) in [7, 11) is 0. The van der Waals surface area contributed by atoms with Gasteiger partial charge in [0, 0.05) is 5.92 Å². The Morgan fingerprint density at radius 1 is 1.64 bits per heavy atom. The minimum Gasteiger partial charge on any atom is -0.481 e. The molecule has 1 fully saturated rings. The van der Waals surface area contributed by atoms with Crippen LogP contribution >= 0.6 is 0 Å². The van der Waals surface area contributed by atoms with Crippen molar-refractivity contribution in [3.8, 4) is 0 Å². The van der Waals surface area contributed by atoms with E-state index >= 15 is 0 Å². The quantitative estimate of drug-likeness (QED) is 0.605. The number of aliphatic carboxylic acids is 1. The van der Waals surface area contributed by atoms with Gasteiger partial charge in [-0.25, -0.2) is 0 Å². The molecule has 0 unspecified atom stereocenters. The Kier molecular flexibility index (Phi) is 1.74. The SMILES string of the molecule is CC1(C)[C@H](C=O)C[C@@H]1C(=O)O. The maximum Gasteiger partial charge on any atom is 0.307 e. The highest BCUT2D eigenvalue weighted by Gasteiger charge is 2.51. The lowest BCUT2D eigenvalue weighted by Crippen LogP contribution is -2.49. The largest absolute Gasteiger partial charge is 0.481 e. The van der Waals surface area contributed by atoms with Crippen LogP contribution in [0.5, 0.6) is 0 Å². The standard InChI is InChI=1S/C8H12O3/c1-8(2)5(4-9)3-6(8)7(10)11/h4-6H,3H2,1-2H3,(H,10,11)/t5-,6+/m0/s1. The van der Waals surface area contributed by atoms with E-state index < -0.39 is 5.97 Å². The molecule has 11 heavy (non-hydrogen) atoms. The van der Waals surface area contributed by atoms with Crippen molar-refractivity contribution in [2.24, 2.45) is 17.3 Å². The minimum atomic E-state index is -0.784. The Morgan fingerprint density at radius 3 is 2.45 bits per heavy atom. The first-order valence-electron chi connectivity index (χ1n) is 3.68. The van der Waals surface area contributed by atoms with Gasteiger partial charge in [-0.1, -0.05) is 13.8 Å². The van der Waals surface area contributed by atoms with E-state index in [1.54, 1.807) is 0 Å². The first-order valence-corrected chi connectivity index (χ1v) is 3.68. The van der Waals surface area contributed by atoms with Gasteiger partial charge in [0.15, 0.2) is 0 Å². The predicted molar refractivity (Wildman–Crippen MR) is 39.1 cm³/mol. The molecule has 1 N–H and O–H groups in total. The van der Waals surface area contributed by atoms with Crippen molar-refractivity contribution in [2.45, 2.75) is 20.3 Å². The van der Waals surface area contributed by atoms with E-state index in [0.717, 1.165) is 6.29 Å². The van der Waals surface area contributed by atoms with Crippen LogP contribution in [0.1, 0.15) is 20.3 Å². The molecule has 0 bridgehead atoms. The highest BCUT2D eigenvalue weighted by Crippen LogP contribution is 2.50. The fourth-order valence-electron chi connectivity index (χ4n) is 1.61. The number of hydrogen-bond acceptors (Lipinski definition) is 2.